The molecule has 0 saturated heterocycles. The monoisotopic (exact) mass is 731 g/mol. The number of nitrogens with zero attached hydrogens (tertiary/aromatic N) is 1. The summed E-state index contributed by atoms with van der Waals surface area (Å²) in [5.41, 5.74) is 14.7. The molecule has 4 bridgehead atoms. The summed E-state index contributed by atoms with van der Waals surface area (Å²) in [6.45, 7) is 9.74. The Kier molecular flexibility index (Phi) is 7.61. The zero-order chi connectivity index (χ0) is 37.8. The Hall–Kier alpha value is -5.08. The van der Waals surface area contributed by atoms with Crippen LogP contribution < -0.4 is 9.64 Å². The molecule has 5 aliphatic carbocycles. The van der Waals surface area contributed by atoms with Gasteiger partial charge in [0.1, 0.15) is 11.5 Å². The molecule has 0 amide bonds. The van der Waals surface area contributed by atoms with Gasteiger partial charge < -0.3 is 9.64 Å². The number of hydrogen-bond acceptors (Lipinski definition) is 2. The average Bonchev–Trinajstić information content (AvgIpc) is 3.22. The van der Waals surface area contributed by atoms with E-state index >= 15 is 0 Å². The molecule has 4 saturated carbocycles. The molecule has 2 heteroatoms. The standard InChI is InChI=1S/C54H53NO/c1-52(2)25-26-53(3,4)47-33-44(20-22-46(47)52)55(43-18-15-39(16-19-43)37-11-7-5-8-12-37)45-21-24-51-49(34-45)54(41-28-35-27-36(30-41)31-42(54)29-35)48-32-40(17-23-50(48)56-51)38-13-9-6-10-14-38/h5-24,32-36,41-42H,25-31H2,1-4H3. The highest BCUT2D eigenvalue weighted by molar-refractivity contribution is 5.81. The number of benzene rings is 6. The topological polar surface area (TPSA) is 12.5 Å². The van der Waals surface area contributed by atoms with E-state index < -0.39 is 0 Å². The molecule has 280 valence electrons. The van der Waals surface area contributed by atoms with Gasteiger partial charge in [0.25, 0.3) is 0 Å². The molecule has 4 fully saturated rings. The first-order valence-corrected chi connectivity index (χ1v) is 21.3. The number of anilines is 3. The van der Waals surface area contributed by atoms with Gasteiger partial charge in [-0.2, -0.15) is 0 Å². The Morgan fingerprint density at radius 1 is 0.429 bits per heavy atom. The second kappa shape index (κ2) is 12.5. The molecule has 6 aliphatic rings. The van der Waals surface area contributed by atoms with Gasteiger partial charge >= 0.3 is 0 Å². The molecule has 6 aromatic rings. The lowest BCUT2D eigenvalue weighted by Crippen LogP contribution is -2.57. The lowest BCUT2D eigenvalue weighted by atomic mass is 9.41. The predicted molar refractivity (Wildman–Crippen MR) is 232 cm³/mol. The van der Waals surface area contributed by atoms with Crippen LogP contribution in [0.5, 0.6) is 11.5 Å². The maximum Gasteiger partial charge on any atom is 0.131 e. The van der Waals surface area contributed by atoms with Gasteiger partial charge in [-0.15, -0.1) is 0 Å². The molecule has 1 aliphatic heterocycles. The second-order valence-electron chi connectivity index (χ2n) is 19.3. The molecular weight excluding hydrogens is 679 g/mol. The van der Waals surface area contributed by atoms with E-state index in [0.29, 0.717) is 11.8 Å². The highest BCUT2D eigenvalue weighted by atomic mass is 16.5. The number of fused-ring (bicyclic) bond motifs is 3. The van der Waals surface area contributed by atoms with Crippen molar-refractivity contribution >= 4 is 17.1 Å². The van der Waals surface area contributed by atoms with Gasteiger partial charge in [0.15, 0.2) is 0 Å². The SMILES string of the molecule is CC1(C)CCC(C)(C)c2cc(N(c3ccc(-c4ccccc4)cc3)c3ccc4c(c3)C3(c5cc(-c6ccccc6)ccc5O4)C4CC5CC(C4)CC3C5)ccc21. The van der Waals surface area contributed by atoms with E-state index in [0.717, 1.165) is 23.3 Å². The van der Waals surface area contributed by atoms with Crippen molar-refractivity contribution in [2.45, 2.75) is 88.9 Å². The lowest BCUT2D eigenvalue weighted by molar-refractivity contribution is -0.0452. The van der Waals surface area contributed by atoms with Gasteiger partial charge in [0, 0.05) is 33.6 Å². The molecule has 0 aromatic heterocycles. The van der Waals surface area contributed by atoms with Crippen molar-refractivity contribution in [3.63, 3.8) is 0 Å². The third-order valence-corrected chi connectivity index (χ3v) is 15.2. The van der Waals surface area contributed by atoms with Crippen molar-refractivity contribution < 1.29 is 4.74 Å². The Labute approximate surface area is 333 Å². The highest BCUT2D eigenvalue weighted by Crippen LogP contribution is 2.69. The number of rotatable bonds is 5. The first-order chi connectivity index (χ1) is 27.2. The predicted octanol–water partition coefficient (Wildman–Crippen LogP) is 14.7. The van der Waals surface area contributed by atoms with Gasteiger partial charge in [-0.05, 0) is 167 Å². The van der Waals surface area contributed by atoms with Crippen LogP contribution in [0.25, 0.3) is 22.3 Å². The van der Waals surface area contributed by atoms with Crippen LogP contribution >= 0.6 is 0 Å². The molecule has 0 N–H and O–H groups in total. The normalized spacial score (nSPS) is 25.9. The maximum atomic E-state index is 7.02. The van der Waals surface area contributed by atoms with Gasteiger partial charge in [0.05, 0.1) is 0 Å². The summed E-state index contributed by atoms with van der Waals surface area (Å²) in [5.74, 6) is 5.07. The summed E-state index contributed by atoms with van der Waals surface area (Å²) >= 11 is 0. The Morgan fingerprint density at radius 3 is 1.52 bits per heavy atom. The minimum absolute atomic E-state index is 0.0676. The zero-order valence-corrected chi connectivity index (χ0v) is 33.4. The Balaban J connectivity index is 1.11. The summed E-state index contributed by atoms with van der Waals surface area (Å²) in [5, 5.41) is 0. The molecule has 1 spiro atoms. The Morgan fingerprint density at radius 2 is 0.893 bits per heavy atom. The fourth-order valence-electron chi connectivity index (χ4n) is 12.5. The van der Waals surface area contributed by atoms with E-state index in [1.54, 1.807) is 0 Å². The van der Waals surface area contributed by atoms with Crippen molar-refractivity contribution in [2.75, 3.05) is 4.90 Å². The largest absolute Gasteiger partial charge is 0.457 e. The molecular formula is C54H53NO. The maximum absolute atomic E-state index is 7.02. The van der Waals surface area contributed by atoms with Crippen LogP contribution in [-0.2, 0) is 16.2 Å². The fraction of sp³-hybridized carbons (Fsp3) is 0.333. The van der Waals surface area contributed by atoms with Crippen LogP contribution in [0.15, 0.2) is 140 Å². The van der Waals surface area contributed by atoms with Crippen molar-refractivity contribution in [1.82, 2.24) is 0 Å². The molecule has 56 heavy (non-hydrogen) atoms. The van der Waals surface area contributed by atoms with Crippen LogP contribution in [0.1, 0.15) is 94.9 Å². The van der Waals surface area contributed by atoms with E-state index in [9.17, 15) is 0 Å². The van der Waals surface area contributed by atoms with Crippen molar-refractivity contribution in [3.05, 3.63) is 162 Å². The molecule has 6 aromatic carbocycles. The second-order valence-corrected chi connectivity index (χ2v) is 19.3. The van der Waals surface area contributed by atoms with E-state index in [-0.39, 0.29) is 16.2 Å². The fourth-order valence-corrected chi connectivity index (χ4v) is 12.5. The van der Waals surface area contributed by atoms with Gasteiger partial charge in [-0.25, -0.2) is 0 Å². The minimum Gasteiger partial charge on any atom is -0.457 e. The van der Waals surface area contributed by atoms with Gasteiger partial charge in [0.2, 0.25) is 0 Å². The smallest absolute Gasteiger partial charge is 0.131 e. The minimum atomic E-state index is -0.0676. The van der Waals surface area contributed by atoms with Crippen LogP contribution in [-0.4, -0.2) is 0 Å². The quantitative estimate of drug-likeness (QED) is 0.175. The van der Waals surface area contributed by atoms with E-state index in [2.05, 4.69) is 172 Å². The molecule has 2 nitrogen and oxygen atoms in total. The summed E-state index contributed by atoms with van der Waals surface area (Å²) in [7, 11) is 0. The Bertz CT molecular complexity index is 2430. The van der Waals surface area contributed by atoms with Gasteiger partial charge in [-0.1, -0.05) is 113 Å². The highest BCUT2D eigenvalue weighted by Gasteiger charge is 2.61. The van der Waals surface area contributed by atoms with Crippen LogP contribution in [0.2, 0.25) is 0 Å². The summed E-state index contributed by atoms with van der Waals surface area (Å²) < 4.78 is 7.02. The van der Waals surface area contributed by atoms with E-state index in [1.165, 1.54) is 107 Å². The summed E-state index contributed by atoms with van der Waals surface area (Å²) in [6, 6.07) is 52.6. The first-order valence-electron chi connectivity index (χ1n) is 21.3. The first kappa shape index (κ1) is 34.2. The van der Waals surface area contributed by atoms with Crippen molar-refractivity contribution in [1.29, 1.82) is 0 Å². The van der Waals surface area contributed by atoms with Crippen molar-refractivity contribution in [2.24, 2.45) is 23.7 Å². The molecule has 0 unspecified atom stereocenters. The van der Waals surface area contributed by atoms with E-state index in [4.69, 9.17) is 4.74 Å². The average molecular weight is 732 g/mol. The molecule has 0 radical (unpaired) electrons. The number of hydrogen-bond donors (Lipinski definition) is 0. The van der Waals surface area contributed by atoms with Crippen LogP contribution in [0.4, 0.5) is 17.1 Å². The molecule has 1 heterocycles. The third kappa shape index (κ3) is 5.20. The summed E-state index contributed by atoms with van der Waals surface area (Å²) in [6.07, 6.45) is 9.13. The lowest BCUT2D eigenvalue weighted by Gasteiger charge is -2.63. The summed E-state index contributed by atoms with van der Waals surface area (Å²) in [4.78, 5) is 2.53. The van der Waals surface area contributed by atoms with E-state index in [1.807, 2.05) is 0 Å². The van der Waals surface area contributed by atoms with Gasteiger partial charge in [-0.3, -0.25) is 0 Å². The van der Waals surface area contributed by atoms with Crippen LogP contribution in [0, 0.1) is 23.7 Å². The number of ether oxygens (including phenoxy) is 1. The zero-order valence-electron chi connectivity index (χ0n) is 33.4. The molecule has 0 atom stereocenters. The van der Waals surface area contributed by atoms with Crippen molar-refractivity contribution in [3.8, 4) is 33.8 Å². The van der Waals surface area contributed by atoms with Crippen LogP contribution in [0.3, 0.4) is 0 Å². The third-order valence-electron chi connectivity index (χ3n) is 15.2. The molecule has 12 rings (SSSR count).